The van der Waals surface area contributed by atoms with E-state index in [0.29, 0.717) is 52.3 Å². The van der Waals surface area contributed by atoms with Crippen LogP contribution in [0.5, 0.6) is 28.7 Å². The highest BCUT2D eigenvalue weighted by atomic mass is 16.5. The van der Waals surface area contributed by atoms with Gasteiger partial charge in [0.25, 0.3) is 0 Å². The lowest BCUT2D eigenvalue weighted by Gasteiger charge is -2.15. The fourth-order valence-corrected chi connectivity index (χ4v) is 4.14. The van der Waals surface area contributed by atoms with Gasteiger partial charge in [0.2, 0.25) is 5.75 Å². The van der Waals surface area contributed by atoms with E-state index in [0.717, 1.165) is 21.7 Å². The van der Waals surface area contributed by atoms with Gasteiger partial charge in [-0.1, -0.05) is 35.5 Å². The van der Waals surface area contributed by atoms with Crippen molar-refractivity contribution in [2.45, 2.75) is 6.61 Å². The monoisotopic (exact) mass is 472 g/mol. The van der Waals surface area contributed by atoms with E-state index < -0.39 is 0 Å². The second kappa shape index (κ2) is 9.42. The predicted octanol–water partition coefficient (Wildman–Crippen LogP) is 5.66. The van der Waals surface area contributed by atoms with E-state index in [1.165, 1.54) is 0 Å². The first-order valence-corrected chi connectivity index (χ1v) is 10.9. The third kappa shape index (κ3) is 3.82. The summed E-state index contributed by atoms with van der Waals surface area (Å²) in [5.41, 5.74) is 2.16. The van der Waals surface area contributed by atoms with Crippen molar-refractivity contribution in [2.75, 3.05) is 28.4 Å². The first kappa shape index (κ1) is 22.3. The molecule has 178 valence electrons. The lowest BCUT2D eigenvalue weighted by atomic mass is 10.0. The molecule has 2 heterocycles. The van der Waals surface area contributed by atoms with E-state index in [1.54, 1.807) is 34.6 Å². The number of methoxy groups -OCH3 is 4. The maximum Gasteiger partial charge on any atom is 0.203 e. The van der Waals surface area contributed by atoms with E-state index in [4.69, 9.17) is 28.2 Å². The summed E-state index contributed by atoms with van der Waals surface area (Å²) in [6.07, 6.45) is 1.69. The molecule has 8 heteroatoms. The minimum Gasteiger partial charge on any atom is -0.493 e. The molecule has 35 heavy (non-hydrogen) atoms. The zero-order chi connectivity index (χ0) is 24.4. The summed E-state index contributed by atoms with van der Waals surface area (Å²) in [5.74, 6) is 3.12. The number of aromatic nitrogens is 2. The number of rotatable bonds is 8. The highest BCUT2D eigenvalue weighted by Crippen LogP contribution is 2.47. The number of hydrogen-bond donors (Lipinski definition) is 0. The molecule has 0 N–H and O–H groups in total. The van der Waals surface area contributed by atoms with Crippen LogP contribution in [0.2, 0.25) is 0 Å². The lowest BCUT2D eigenvalue weighted by molar-refractivity contribution is 0.286. The summed E-state index contributed by atoms with van der Waals surface area (Å²) in [5, 5.41) is 6.64. The fraction of sp³-hybridized carbons (Fsp3) is 0.185. The standard InChI is InChI=1S/C27H24N2O6/c1-30-20-11-10-18-23(26(20)34-15-16-8-6-5-7-9-16)29-35-24(18)22-19-14-21(31-2)27(33-4)25(32-3)17(19)12-13-28-22/h5-14H,15H2,1-4H3. The van der Waals surface area contributed by atoms with E-state index >= 15 is 0 Å². The SMILES string of the molecule is COc1cc2c(-c3onc4c(OCc5ccccc5)c(OC)ccc34)nccc2c(OC)c1OC. The molecule has 5 aromatic rings. The van der Waals surface area contributed by atoms with Crippen molar-refractivity contribution in [1.29, 1.82) is 0 Å². The van der Waals surface area contributed by atoms with Crippen LogP contribution in [0.3, 0.4) is 0 Å². The zero-order valence-corrected chi connectivity index (χ0v) is 19.8. The van der Waals surface area contributed by atoms with Crippen LogP contribution in [0, 0.1) is 0 Å². The van der Waals surface area contributed by atoms with Crippen LogP contribution in [-0.4, -0.2) is 38.6 Å². The Morgan fingerprint density at radius 3 is 2.20 bits per heavy atom. The quantitative estimate of drug-likeness (QED) is 0.286. The Morgan fingerprint density at radius 2 is 1.49 bits per heavy atom. The lowest BCUT2D eigenvalue weighted by Crippen LogP contribution is -1.98. The molecule has 0 radical (unpaired) electrons. The number of hydrogen-bond acceptors (Lipinski definition) is 8. The fourth-order valence-electron chi connectivity index (χ4n) is 4.14. The van der Waals surface area contributed by atoms with Gasteiger partial charge in [-0.3, -0.25) is 4.98 Å². The van der Waals surface area contributed by atoms with Crippen LogP contribution < -0.4 is 23.7 Å². The van der Waals surface area contributed by atoms with E-state index in [1.807, 2.05) is 54.6 Å². The average molecular weight is 472 g/mol. The molecule has 0 saturated heterocycles. The topological polar surface area (TPSA) is 85.1 Å². The maximum absolute atomic E-state index is 6.14. The molecular formula is C27H24N2O6. The van der Waals surface area contributed by atoms with Gasteiger partial charge in [0.15, 0.2) is 34.3 Å². The molecule has 0 spiro atoms. The molecule has 0 fully saturated rings. The number of pyridine rings is 1. The number of nitrogens with zero attached hydrogens (tertiary/aromatic N) is 2. The van der Waals surface area contributed by atoms with Crippen molar-refractivity contribution in [3.63, 3.8) is 0 Å². The molecule has 0 atom stereocenters. The van der Waals surface area contributed by atoms with Gasteiger partial charge >= 0.3 is 0 Å². The second-order valence-corrected chi connectivity index (χ2v) is 7.68. The van der Waals surface area contributed by atoms with Gasteiger partial charge in [0, 0.05) is 17.0 Å². The molecule has 5 rings (SSSR count). The van der Waals surface area contributed by atoms with Gasteiger partial charge in [-0.15, -0.1) is 0 Å². The summed E-state index contributed by atoms with van der Waals surface area (Å²) in [6.45, 7) is 0.360. The van der Waals surface area contributed by atoms with E-state index in [-0.39, 0.29) is 0 Å². The molecule has 0 aliphatic heterocycles. The van der Waals surface area contributed by atoms with E-state index in [2.05, 4.69) is 10.1 Å². The van der Waals surface area contributed by atoms with Gasteiger partial charge in [0.05, 0.1) is 33.8 Å². The Kier molecular flexibility index (Phi) is 6.01. The summed E-state index contributed by atoms with van der Waals surface area (Å²) in [7, 11) is 6.33. The first-order chi connectivity index (χ1) is 17.2. The van der Waals surface area contributed by atoms with Gasteiger partial charge in [-0.25, -0.2) is 0 Å². The highest BCUT2D eigenvalue weighted by molar-refractivity contribution is 6.05. The van der Waals surface area contributed by atoms with Crippen molar-refractivity contribution in [3.05, 3.63) is 66.4 Å². The van der Waals surface area contributed by atoms with Crippen LogP contribution in [0.15, 0.2) is 65.3 Å². The summed E-state index contributed by atoms with van der Waals surface area (Å²) in [4.78, 5) is 4.61. The zero-order valence-electron chi connectivity index (χ0n) is 19.8. The number of fused-ring (bicyclic) bond motifs is 2. The molecule has 2 aromatic heterocycles. The van der Waals surface area contributed by atoms with Crippen molar-refractivity contribution < 1.29 is 28.2 Å². The van der Waals surface area contributed by atoms with Gasteiger partial charge in [0.1, 0.15) is 12.3 Å². The number of ether oxygens (including phenoxy) is 5. The van der Waals surface area contributed by atoms with Crippen LogP contribution in [-0.2, 0) is 6.61 Å². The molecule has 0 bridgehead atoms. The maximum atomic E-state index is 6.14. The summed E-state index contributed by atoms with van der Waals surface area (Å²) >= 11 is 0. The largest absolute Gasteiger partial charge is 0.493 e. The molecular weight excluding hydrogens is 448 g/mol. The Balaban J connectivity index is 1.67. The molecule has 3 aromatic carbocycles. The normalized spacial score (nSPS) is 11.0. The Morgan fingerprint density at radius 1 is 0.714 bits per heavy atom. The van der Waals surface area contributed by atoms with Crippen LogP contribution in [0.1, 0.15) is 5.56 Å². The molecule has 0 aliphatic rings. The summed E-state index contributed by atoms with van der Waals surface area (Å²) < 4.78 is 34.3. The smallest absolute Gasteiger partial charge is 0.203 e. The highest BCUT2D eigenvalue weighted by Gasteiger charge is 2.24. The van der Waals surface area contributed by atoms with Crippen molar-refractivity contribution in [1.82, 2.24) is 10.1 Å². The predicted molar refractivity (Wildman–Crippen MR) is 132 cm³/mol. The minimum atomic E-state index is 0.360. The van der Waals surface area contributed by atoms with Gasteiger partial charge < -0.3 is 28.2 Å². The van der Waals surface area contributed by atoms with Crippen molar-refractivity contribution in [3.8, 4) is 40.2 Å². The Hall–Kier alpha value is -4.46. The van der Waals surface area contributed by atoms with Gasteiger partial charge in [-0.2, -0.15) is 0 Å². The molecule has 0 saturated carbocycles. The molecule has 0 unspecified atom stereocenters. The summed E-state index contributed by atoms with van der Waals surface area (Å²) in [6, 6.07) is 17.3. The molecule has 8 nitrogen and oxygen atoms in total. The average Bonchev–Trinajstić information content (AvgIpc) is 3.34. The van der Waals surface area contributed by atoms with Crippen molar-refractivity contribution in [2.24, 2.45) is 0 Å². The second-order valence-electron chi connectivity index (χ2n) is 7.68. The molecule has 0 aliphatic carbocycles. The third-order valence-electron chi connectivity index (χ3n) is 5.80. The van der Waals surface area contributed by atoms with E-state index in [9.17, 15) is 0 Å². The van der Waals surface area contributed by atoms with Crippen LogP contribution in [0.25, 0.3) is 33.1 Å². The van der Waals surface area contributed by atoms with Crippen LogP contribution in [0.4, 0.5) is 0 Å². The Bertz CT molecular complexity index is 1500. The van der Waals surface area contributed by atoms with Crippen molar-refractivity contribution >= 4 is 21.7 Å². The first-order valence-electron chi connectivity index (χ1n) is 10.9. The minimum absolute atomic E-state index is 0.360. The number of benzene rings is 3. The Labute approximate surface area is 201 Å². The molecule has 0 amide bonds. The van der Waals surface area contributed by atoms with Gasteiger partial charge in [-0.05, 0) is 29.8 Å². The van der Waals surface area contributed by atoms with Crippen LogP contribution >= 0.6 is 0 Å². The third-order valence-corrected chi connectivity index (χ3v) is 5.80.